The fourth-order valence-corrected chi connectivity index (χ4v) is 3.53. The summed E-state index contributed by atoms with van der Waals surface area (Å²) in [5.41, 5.74) is 1.19. The molecule has 6 heteroatoms. The van der Waals surface area contributed by atoms with Crippen molar-refractivity contribution in [3.8, 4) is 5.75 Å². The van der Waals surface area contributed by atoms with Gasteiger partial charge >= 0.3 is 0 Å². The maximum atomic E-state index is 12.7. The Kier molecular flexibility index (Phi) is 5.53. The summed E-state index contributed by atoms with van der Waals surface area (Å²) in [7, 11) is 0. The normalized spacial score (nSPS) is 19.3. The minimum Gasteiger partial charge on any atom is -0.490 e. The highest BCUT2D eigenvalue weighted by molar-refractivity contribution is 6.06. The van der Waals surface area contributed by atoms with Crippen molar-refractivity contribution in [1.29, 1.82) is 0 Å². The van der Waals surface area contributed by atoms with Crippen LogP contribution in [0.5, 0.6) is 5.75 Å². The highest BCUT2D eigenvalue weighted by atomic mass is 16.5. The average molecular weight is 367 g/mol. The first-order chi connectivity index (χ1) is 13.3. The van der Waals surface area contributed by atoms with Crippen molar-refractivity contribution in [1.82, 2.24) is 4.98 Å². The Labute approximate surface area is 159 Å². The quantitative estimate of drug-likeness (QED) is 0.847. The molecule has 3 heterocycles. The molecule has 0 spiro atoms. The molecule has 2 fully saturated rings. The number of amides is 1. The van der Waals surface area contributed by atoms with E-state index in [1.807, 2.05) is 30.3 Å². The molecule has 4 rings (SSSR count). The molecule has 27 heavy (non-hydrogen) atoms. The number of pyridine rings is 1. The zero-order valence-electron chi connectivity index (χ0n) is 15.4. The largest absolute Gasteiger partial charge is 0.490 e. The van der Waals surface area contributed by atoms with Crippen LogP contribution in [0.1, 0.15) is 36.0 Å². The minimum atomic E-state index is -0.200. The Balaban J connectivity index is 1.40. The van der Waals surface area contributed by atoms with Crippen LogP contribution >= 0.6 is 0 Å². The number of hydrogen-bond acceptors (Lipinski definition) is 5. The van der Waals surface area contributed by atoms with Crippen LogP contribution in [0.3, 0.4) is 0 Å². The number of nitrogens with one attached hydrogen (secondary N) is 1. The average Bonchev–Trinajstić information content (AvgIpc) is 3.41. The second kappa shape index (κ2) is 8.39. The van der Waals surface area contributed by atoms with Gasteiger partial charge in [-0.1, -0.05) is 12.1 Å². The van der Waals surface area contributed by atoms with Gasteiger partial charge in [-0.25, -0.2) is 4.98 Å². The molecule has 2 aromatic rings. The van der Waals surface area contributed by atoms with E-state index in [0.29, 0.717) is 23.6 Å². The fourth-order valence-electron chi connectivity index (χ4n) is 3.53. The second-order valence-electron chi connectivity index (χ2n) is 7.00. The van der Waals surface area contributed by atoms with E-state index in [4.69, 9.17) is 9.47 Å². The van der Waals surface area contributed by atoms with Gasteiger partial charge in [0.15, 0.2) is 0 Å². The summed E-state index contributed by atoms with van der Waals surface area (Å²) in [6.45, 7) is 3.36. The van der Waals surface area contributed by atoms with Gasteiger partial charge in [-0.05, 0) is 49.9 Å². The van der Waals surface area contributed by atoms with E-state index < -0.39 is 0 Å². The Hall–Kier alpha value is -2.60. The SMILES string of the molecule is O=C(Nc1ccc(N2CCCC2)nc1)c1ccccc1OCC1CCCO1. The molecule has 1 aromatic carbocycles. The van der Waals surface area contributed by atoms with Gasteiger partial charge in [0.25, 0.3) is 5.91 Å². The van der Waals surface area contributed by atoms with Crippen LogP contribution < -0.4 is 15.0 Å². The Morgan fingerprint density at radius 2 is 2.04 bits per heavy atom. The molecule has 1 N–H and O–H groups in total. The van der Waals surface area contributed by atoms with Crippen LogP contribution in [0.25, 0.3) is 0 Å². The first kappa shape index (κ1) is 17.8. The topological polar surface area (TPSA) is 63.7 Å². The van der Waals surface area contributed by atoms with E-state index in [1.54, 1.807) is 12.3 Å². The molecule has 2 aliphatic heterocycles. The monoisotopic (exact) mass is 367 g/mol. The number of carbonyl (C=O) groups excluding carboxylic acids is 1. The van der Waals surface area contributed by atoms with Gasteiger partial charge in [0.2, 0.25) is 0 Å². The molecule has 1 amide bonds. The maximum Gasteiger partial charge on any atom is 0.259 e. The second-order valence-corrected chi connectivity index (χ2v) is 7.00. The number of rotatable bonds is 6. The Bertz CT molecular complexity index is 766. The number of nitrogens with zero attached hydrogens (tertiary/aromatic N) is 2. The lowest BCUT2D eigenvalue weighted by Gasteiger charge is -2.17. The number of benzene rings is 1. The van der Waals surface area contributed by atoms with Gasteiger partial charge in [-0.15, -0.1) is 0 Å². The Morgan fingerprint density at radius 3 is 2.78 bits per heavy atom. The maximum absolute atomic E-state index is 12.7. The molecule has 0 bridgehead atoms. The first-order valence-corrected chi connectivity index (χ1v) is 9.65. The number of para-hydroxylation sites is 1. The zero-order valence-corrected chi connectivity index (χ0v) is 15.4. The smallest absolute Gasteiger partial charge is 0.259 e. The van der Waals surface area contributed by atoms with E-state index in [0.717, 1.165) is 38.4 Å². The minimum absolute atomic E-state index is 0.114. The summed E-state index contributed by atoms with van der Waals surface area (Å²) >= 11 is 0. The number of aromatic nitrogens is 1. The molecule has 1 atom stereocenters. The fraction of sp³-hybridized carbons (Fsp3) is 0.429. The lowest BCUT2D eigenvalue weighted by atomic mass is 10.2. The predicted octanol–water partition coefficient (Wildman–Crippen LogP) is 3.49. The number of anilines is 2. The van der Waals surface area contributed by atoms with Gasteiger partial charge in [0.05, 0.1) is 23.6 Å². The lowest BCUT2D eigenvalue weighted by molar-refractivity contribution is 0.0673. The number of ether oxygens (including phenoxy) is 2. The van der Waals surface area contributed by atoms with Crippen LogP contribution in [-0.4, -0.2) is 43.3 Å². The van der Waals surface area contributed by atoms with Crippen molar-refractivity contribution >= 4 is 17.4 Å². The lowest BCUT2D eigenvalue weighted by Crippen LogP contribution is -2.20. The predicted molar refractivity (Wildman–Crippen MR) is 105 cm³/mol. The van der Waals surface area contributed by atoms with Crippen molar-refractivity contribution in [2.75, 3.05) is 36.5 Å². The summed E-state index contributed by atoms with van der Waals surface area (Å²) < 4.78 is 11.4. The molecule has 0 aliphatic carbocycles. The number of carbonyl (C=O) groups is 1. The molecular formula is C21H25N3O3. The zero-order chi connectivity index (χ0) is 18.5. The first-order valence-electron chi connectivity index (χ1n) is 9.65. The molecule has 0 saturated carbocycles. The van der Waals surface area contributed by atoms with E-state index in [9.17, 15) is 4.79 Å². The van der Waals surface area contributed by atoms with Crippen LogP contribution in [0.15, 0.2) is 42.6 Å². The molecule has 2 aliphatic rings. The van der Waals surface area contributed by atoms with E-state index >= 15 is 0 Å². The Morgan fingerprint density at radius 1 is 1.19 bits per heavy atom. The van der Waals surface area contributed by atoms with Crippen LogP contribution in [0.2, 0.25) is 0 Å². The molecule has 1 aromatic heterocycles. The molecule has 2 saturated heterocycles. The standard InChI is InChI=1S/C21H25N3O3/c25-21(23-16-9-10-20(22-14-16)24-11-3-4-12-24)18-7-1-2-8-19(18)27-15-17-6-5-13-26-17/h1-2,7-10,14,17H,3-6,11-13,15H2,(H,23,25). The van der Waals surface area contributed by atoms with Crippen molar-refractivity contribution in [3.63, 3.8) is 0 Å². The molecule has 0 radical (unpaired) electrons. The van der Waals surface area contributed by atoms with Gasteiger partial charge in [0.1, 0.15) is 18.2 Å². The third kappa shape index (κ3) is 4.39. The third-order valence-corrected chi connectivity index (χ3v) is 5.02. The summed E-state index contributed by atoms with van der Waals surface area (Å²) in [4.78, 5) is 19.5. The van der Waals surface area contributed by atoms with Crippen molar-refractivity contribution < 1.29 is 14.3 Å². The van der Waals surface area contributed by atoms with E-state index in [1.165, 1.54) is 12.8 Å². The van der Waals surface area contributed by atoms with Gasteiger partial charge < -0.3 is 19.7 Å². The van der Waals surface area contributed by atoms with Crippen LogP contribution in [-0.2, 0) is 4.74 Å². The van der Waals surface area contributed by atoms with Crippen LogP contribution in [0.4, 0.5) is 11.5 Å². The number of hydrogen-bond donors (Lipinski definition) is 1. The molecule has 142 valence electrons. The molecule has 6 nitrogen and oxygen atoms in total. The van der Waals surface area contributed by atoms with Crippen molar-refractivity contribution in [2.45, 2.75) is 31.8 Å². The summed E-state index contributed by atoms with van der Waals surface area (Å²) in [5, 5.41) is 2.91. The highest BCUT2D eigenvalue weighted by Gasteiger charge is 2.19. The summed E-state index contributed by atoms with van der Waals surface area (Å²) in [5.74, 6) is 1.34. The highest BCUT2D eigenvalue weighted by Crippen LogP contribution is 2.23. The summed E-state index contributed by atoms with van der Waals surface area (Å²) in [6.07, 6.45) is 6.32. The third-order valence-electron chi connectivity index (χ3n) is 5.02. The van der Waals surface area contributed by atoms with E-state index in [-0.39, 0.29) is 12.0 Å². The van der Waals surface area contributed by atoms with Gasteiger partial charge in [0, 0.05) is 19.7 Å². The van der Waals surface area contributed by atoms with Crippen molar-refractivity contribution in [3.05, 3.63) is 48.2 Å². The molecular weight excluding hydrogens is 342 g/mol. The van der Waals surface area contributed by atoms with Gasteiger partial charge in [-0.3, -0.25) is 4.79 Å². The van der Waals surface area contributed by atoms with Gasteiger partial charge in [-0.2, -0.15) is 0 Å². The van der Waals surface area contributed by atoms with Crippen LogP contribution in [0, 0.1) is 0 Å². The van der Waals surface area contributed by atoms with Crippen molar-refractivity contribution in [2.24, 2.45) is 0 Å². The molecule has 1 unspecified atom stereocenters. The van der Waals surface area contributed by atoms with E-state index in [2.05, 4.69) is 15.2 Å². The summed E-state index contributed by atoms with van der Waals surface area (Å²) in [6, 6.07) is 11.1.